The first-order valence-electron chi connectivity index (χ1n) is 8.12. The van der Waals surface area contributed by atoms with Crippen molar-refractivity contribution in [2.24, 2.45) is 11.8 Å². The van der Waals surface area contributed by atoms with E-state index in [-0.39, 0.29) is 16.5 Å². The molecule has 1 fully saturated rings. The normalized spacial score (nSPS) is 24.0. The molecule has 2 rings (SSSR count). The summed E-state index contributed by atoms with van der Waals surface area (Å²) in [6.45, 7) is 3.83. The smallest absolute Gasteiger partial charge is 0.128 e. The van der Waals surface area contributed by atoms with Crippen LogP contribution < -0.4 is 0 Å². The lowest BCUT2D eigenvalue weighted by molar-refractivity contribution is 0.256. The Morgan fingerprint density at radius 2 is 1.81 bits per heavy atom. The lowest BCUT2D eigenvalue weighted by Gasteiger charge is -2.32. The van der Waals surface area contributed by atoms with E-state index >= 15 is 0 Å². The van der Waals surface area contributed by atoms with Gasteiger partial charge in [-0.25, -0.2) is 8.78 Å². The van der Waals surface area contributed by atoms with Gasteiger partial charge in [0, 0.05) is 10.4 Å². The molecule has 0 saturated heterocycles. The maximum Gasteiger partial charge on any atom is 0.128 e. The molecule has 1 aliphatic carbocycles. The fraction of sp³-hybridized carbons (Fsp3) is 0.667. The van der Waals surface area contributed by atoms with Crippen LogP contribution in [0.25, 0.3) is 0 Å². The Labute approximate surface area is 135 Å². The van der Waals surface area contributed by atoms with E-state index in [2.05, 4.69) is 22.9 Å². The Balaban J connectivity index is 1.99. The minimum absolute atomic E-state index is 0.0697. The van der Waals surface area contributed by atoms with Crippen molar-refractivity contribution in [3.05, 3.63) is 34.9 Å². The van der Waals surface area contributed by atoms with Crippen LogP contribution >= 0.6 is 15.9 Å². The summed E-state index contributed by atoms with van der Waals surface area (Å²) in [5.74, 6) is 0.649. The zero-order chi connectivity index (χ0) is 15.4. The average Bonchev–Trinajstić information content (AvgIpc) is 2.48. The lowest BCUT2D eigenvalue weighted by atomic mass is 9.77. The summed E-state index contributed by atoms with van der Waals surface area (Å²) in [6.07, 6.45) is 8.56. The first-order valence-corrected chi connectivity index (χ1v) is 9.04. The Kier molecular flexibility index (Phi) is 6.21. The molecule has 0 N–H and O–H groups in total. The Morgan fingerprint density at radius 1 is 1.14 bits per heavy atom. The summed E-state index contributed by atoms with van der Waals surface area (Å²) in [5.41, 5.74) is 0.856. The van der Waals surface area contributed by atoms with Gasteiger partial charge in [-0.05, 0) is 49.3 Å². The third kappa shape index (κ3) is 4.28. The van der Waals surface area contributed by atoms with Gasteiger partial charge in [0.15, 0.2) is 0 Å². The average molecular weight is 359 g/mol. The third-order valence-corrected chi connectivity index (χ3v) is 6.09. The van der Waals surface area contributed by atoms with Crippen molar-refractivity contribution in [3.63, 3.8) is 0 Å². The fourth-order valence-corrected chi connectivity index (χ4v) is 4.27. The van der Waals surface area contributed by atoms with Crippen molar-refractivity contribution in [3.8, 4) is 0 Å². The lowest BCUT2D eigenvalue weighted by Crippen LogP contribution is -2.18. The molecule has 1 unspecified atom stereocenters. The second kappa shape index (κ2) is 7.71. The van der Waals surface area contributed by atoms with Gasteiger partial charge >= 0.3 is 0 Å². The van der Waals surface area contributed by atoms with Gasteiger partial charge in [0.05, 0.1) is 0 Å². The fourth-order valence-electron chi connectivity index (χ4n) is 3.39. The minimum Gasteiger partial charge on any atom is -0.207 e. The predicted octanol–water partition coefficient (Wildman–Crippen LogP) is 6.71. The van der Waals surface area contributed by atoms with Crippen LogP contribution in [0.3, 0.4) is 0 Å². The SMILES string of the molecule is CCCCC1CCC(C(Br)c2cc(F)c(C)cc2F)CC1. The molecule has 0 bridgehead atoms. The summed E-state index contributed by atoms with van der Waals surface area (Å²) in [6, 6.07) is 2.68. The van der Waals surface area contributed by atoms with Crippen LogP contribution in [0.1, 0.15) is 67.8 Å². The molecule has 0 heterocycles. The van der Waals surface area contributed by atoms with Crippen LogP contribution in [0.2, 0.25) is 0 Å². The molecule has 1 aromatic carbocycles. The van der Waals surface area contributed by atoms with Gasteiger partial charge in [-0.15, -0.1) is 0 Å². The van der Waals surface area contributed by atoms with Gasteiger partial charge in [-0.2, -0.15) is 0 Å². The first kappa shape index (κ1) is 16.9. The van der Waals surface area contributed by atoms with E-state index in [0.29, 0.717) is 17.0 Å². The summed E-state index contributed by atoms with van der Waals surface area (Å²) >= 11 is 3.62. The standard InChI is InChI=1S/C18H25BrF2/c1-3-4-5-13-6-8-14(9-7-13)18(19)15-11-16(20)12(2)10-17(15)21/h10-11,13-14,18H,3-9H2,1-2H3. The molecule has 1 saturated carbocycles. The number of hydrogen-bond donors (Lipinski definition) is 0. The predicted molar refractivity (Wildman–Crippen MR) is 87.7 cm³/mol. The van der Waals surface area contributed by atoms with E-state index in [0.717, 1.165) is 18.8 Å². The molecule has 0 amide bonds. The van der Waals surface area contributed by atoms with E-state index < -0.39 is 0 Å². The van der Waals surface area contributed by atoms with Crippen molar-refractivity contribution in [2.75, 3.05) is 0 Å². The van der Waals surface area contributed by atoms with Gasteiger partial charge in [-0.1, -0.05) is 55.0 Å². The van der Waals surface area contributed by atoms with E-state index in [1.54, 1.807) is 6.92 Å². The molecule has 1 aromatic rings. The Morgan fingerprint density at radius 3 is 2.43 bits per heavy atom. The van der Waals surface area contributed by atoms with Crippen molar-refractivity contribution in [1.82, 2.24) is 0 Å². The van der Waals surface area contributed by atoms with E-state index in [1.165, 1.54) is 44.2 Å². The maximum absolute atomic E-state index is 14.1. The zero-order valence-electron chi connectivity index (χ0n) is 13.0. The largest absolute Gasteiger partial charge is 0.207 e. The van der Waals surface area contributed by atoms with Gasteiger partial charge in [0.1, 0.15) is 11.6 Å². The van der Waals surface area contributed by atoms with Gasteiger partial charge in [-0.3, -0.25) is 0 Å². The summed E-state index contributed by atoms with van der Waals surface area (Å²) < 4.78 is 27.8. The molecule has 1 aliphatic rings. The zero-order valence-corrected chi connectivity index (χ0v) is 14.6. The number of benzene rings is 1. The molecule has 0 aliphatic heterocycles. The second-order valence-corrected chi connectivity index (χ2v) is 7.43. The molecule has 1 atom stereocenters. The van der Waals surface area contributed by atoms with Crippen LogP contribution in [0.5, 0.6) is 0 Å². The number of rotatable bonds is 5. The van der Waals surface area contributed by atoms with Crippen molar-refractivity contribution in [1.29, 1.82) is 0 Å². The van der Waals surface area contributed by atoms with Crippen LogP contribution in [0.15, 0.2) is 12.1 Å². The van der Waals surface area contributed by atoms with Crippen LogP contribution in [0, 0.1) is 30.4 Å². The van der Waals surface area contributed by atoms with E-state index in [9.17, 15) is 8.78 Å². The molecule has 0 spiro atoms. The second-order valence-electron chi connectivity index (χ2n) is 6.45. The van der Waals surface area contributed by atoms with Gasteiger partial charge in [0.2, 0.25) is 0 Å². The molecule has 118 valence electrons. The number of alkyl halides is 1. The monoisotopic (exact) mass is 358 g/mol. The summed E-state index contributed by atoms with van der Waals surface area (Å²) in [7, 11) is 0. The van der Waals surface area contributed by atoms with Crippen LogP contribution in [0.4, 0.5) is 8.78 Å². The van der Waals surface area contributed by atoms with Gasteiger partial charge in [0.25, 0.3) is 0 Å². The first-order chi connectivity index (χ1) is 10.0. The molecule has 0 nitrogen and oxygen atoms in total. The highest BCUT2D eigenvalue weighted by atomic mass is 79.9. The Hall–Kier alpha value is -0.440. The van der Waals surface area contributed by atoms with Gasteiger partial charge < -0.3 is 0 Å². The molecule has 3 heteroatoms. The highest BCUT2D eigenvalue weighted by Gasteiger charge is 2.28. The highest BCUT2D eigenvalue weighted by molar-refractivity contribution is 9.09. The molecule has 21 heavy (non-hydrogen) atoms. The van der Waals surface area contributed by atoms with Crippen molar-refractivity contribution >= 4 is 15.9 Å². The molecule has 0 radical (unpaired) electrons. The van der Waals surface area contributed by atoms with Crippen LogP contribution in [-0.4, -0.2) is 0 Å². The van der Waals surface area contributed by atoms with Crippen molar-refractivity contribution in [2.45, 2.75) is 63.6 Å². The summed E-state index contributed by atoms with van der Waals surface area (Å²) in [4.78, 5) is -0.0697. The van der Waals surface area contributed by atoms with E-state index in [4.69, 9.17) is 0 Å². The van der Waals surface area contributed by atoms with Crippen molar-refractivity contribution < 1.29 is 8.78 Å². The number of halogens is 3. The topological polar surface area (TPSA) is 0 Å². The molecule has 0 aromatic heterocycles. The third-order valence-electron chi connectivity index (χ3n) is 4.85. The molecular formula is C18H25BrF2. The number of aryl methyl sites for hydroxylation is 1. The van der Waals surface area contributed by atoms with Crippen LogP contribution in [-0.2, 0) is 0 Å². The van der Waals surface area contributed by atoms with E-state index in [1.807, 2.05) is 0 Å². The number of hydrogen-bond acceptors (Lipinski definition) is 0. The minimum atomic E-state index is -0.313. The molecular weight excluding hydrogens is 334 g/mol. The highest BCUT2D eigenvalue weighted by Crippen LogP contribution is 2.43. The quantitative estimate of drug-likeness (QED) is 0.513. The number of unbranched alkanes of at least 4 members (excludes halogenated alkanes) is 1. The maximum atomic E-state index is 14.1. The Bertz CT molecular complexity index is 465. The summed E-state index contributed by atoms with van der Waals surface area (Å²) in [5, 5.41) is 0.